The SMILES string of the molecule is CC(C)(NC(=O)c1n[nH]c2ccccc12)C1CCN(CCC23C=CC=CC2C(=O)NC3=O)CC1. The number of carbonyl (C=O) groups is 3. The van der Waals surface area contributed by atoms with E-state index in [1.54, 1.807) is 0 Å². The number of H-pyrrole nitrogens is 1. The smallest absolute Gasteiger partial charge is 0.272 e. The zero-order chi connectivity index (χ0) is 23.9. The highest BCUT2D eigenvalue weighted by molar-refractivity contribution is 6.09. The van der Waals surface area contributed by atoms with Gasteiger partial charge >= 0.3 is 0 Å². The first-order valence-electron chi connectivity index (χ1n) is 12.0. The number of benzene rings is 1. The average Bonchev–Trinajstić information content (AvgIpc) is 3.37. The van der Waals surface area contributed by atoms with E-state index in [0.29, 0.717) is 18.0 Å². The maximum Gasteiger partial charge on any atom is 0.272 e. The number of hydrogen-bond acceptors (Lipinski definition) is 5. The Kier molecular flexibility index (Phi) is 5.64. The number of nitrogens with zero attached hydrogens (tertiary/aromatic N) is 2. The van der Waals surface area contributed by atoms with Gasteiger partial charge in [-0.15, -0.1) is 0 Å². The lowest BCUT2D eigenvalue weighted by Crippen LogP contribution is -2.52. The largest absolute Gasteiger partial charge is 0.345 e. The summed E-state index contributed by atoms with van der Waals surface area (Å²) in [4.78, 5) is 40.2. The monoisotopic (exact) mass is 461 g/mol. The molecule has 0 radical (unpaired) electrons. The van der Waals surface area contributed by atoms with Crippen LogP contribution in [-0.4, -0.2) is 58.0 Å². The number of aromatic amines is 1. The first-order valence-corrected chi connectivity index (χ1v) is 12.0. The molecule has 2 aliphatic heterocycles. The topological polar surface area (TPSA) is 107 Å². The van der Waals surface area contributed by atoms with Crippen LogP contribution in [-0.2, 0) is 9.59 Å². The van der Waals surface area contributed by atoms with Crippen molar-refractivity contribution >= 4 is 28.6 Å². The molecule has 0 bridgehead atoms. The average molecular weight is 462 g/mol. The van der Waals surface area contributed by atoms with Crippen molar-refractivity contribution in [3.63, 3.8) is 0 Å². The normalized spacial score (nSPS) is 25.5. The zero-order valence-electron chi connectivity index (χ0n) is 19.6. The number of nitrogens with one attached hydrogen (secondary N) is 3. The summed E-state index contributed by atoms with van der Waals surface area (Å²) in [7, 11) is 0. The lowest BCUT2D eigenvalue weighted by Gasteiger charge is -2.41. The van der Waals surface area contributed by atoms with E-state index in [2.05, 4.69) is 39.6 Å². The van der Waals surface area contributed by atoms with Crippen LogP contribution >= 0.6 is 0 Å². The Hall–Kier alpha value is -3.26. The van der Waals surface area contributed by atoms with Crippen molar-refractivity contribution in [2.75, 3.05) is 19.6 Å². The minimum atomic E-state index is -0.762. The first kappa shape index (κ1) is 22.5. The van der Waals surface area contributed by atoms with E-state index in [4.69, 9.17) is 0 Å². The van der Waals surface area contributed by atoms with Crippen LogP contribution in [0.15, 0.2) is 48.6 Å². The van der Waals surface area contributed by atoms with Crippen LogP contribution in [0.5, 0.6) is 0 Å². The van der Waals surface area contributed by atoms with Gasteiger partial charge < -0.3 is 10.2 Å². The molecule has 3 heterocycles. The van der Waals surface area contributed by atoms with Crippen LogP contribution in [0.25, 0.3) is 10.9 Å². The fourth-order valence-corrected chi connectivity index (χ4v) is 5.69. The lowest BCUT2D eigenvalue weighted by molar-refractivity contribution is -0.127. The highest BCUT2D eigenvalue weighted by Crippen LogP contribution is 2.42. The van der Waals surface area contributed by atoms with Gasteiger partial charge in [-0.1, -0.05) is 42.5 Å². The molecule has 5 rings (SSSR count). The molecule has 2 saturated heterocycles. The van der Waals surface area contributed by atoms with Crippen molar-refractivity contribution in [3.8, 4) is 0 Å². The first-order chi connectivity index (χ1) is 16.3. The summed E-state index contributed by atoms with van der Waals surface area (Å²) in [5.41, 5.74) is 0.138. The van der Waals surface area contributed by atoms with E-state index >= 15 is 0 Å². The second-order valence-electron chi connectivity index (χ2n) is 10.2. The molecule has 0 spiro atoms. The summed E-state index contributed by atoms with van der Waals surface area (Å²) in [6.45, 7) is 6.71. The summed E-state index contributed by atoms with van der Waals surface area (Å²) in [6, 6.07) is 7.63. The molecule has 3 aliphatic rings. The van der Waals surface area contributed by atoms with Gasteiger partial charge in [0.1, 0.15) is 0 Å². The van der Waals surface area contributed by atoms with Crippen molar-refractivity contribution in [2.45, 2.75) is 38.6 Å². The maximum atomic E-state index is 13.0. The summed E-state index contributed by atoms with van der Waals surface area (Å²) in [5, 5.41) is 13.7. The molecule has 1 aromatic heterocycles. The van der Waals surface area contributed by atoms with E-state index < -0.39 is 11.3 Å². The van der Waals surface area contributed by atoms with Crippen LogP contribution in [0.3, 0.4) is 0 Å². The van der Waals surface area contributed by atoms with Gasteiger partial charge in [0.15, 0.2) is 5.69 Å². The summed E-state index contributed by atoms with van der Waals surface area (Å²) >= 11 is 0. The third-order valence-electron chi connectivity index (χ3n) is 7.88. The number of fused-ring (bicyclic) bond motifs is 2. The Morgan fingerprint density at radius 1 is 1.21 bits per heavy atom. The standard InChI is InChI=1S/C26H31N5O3/c1-25(2,28-23(33)21-18-7-3-4-9-20(18)29-30-21)17-10-14-31(15-11-17)16-13-26-12-6-5-8-19(26)22(32)27-24(26)34/h3-9,12,17,19H,10-11,13-16H2,1-2H3,(H,28,33)(H,29,30)(H,27,32,34). The van der Waals surface area contributed by atoms with Crippen molar-refractivity contribution < 1.29 is 14.4 Å². The predicted molar refractivity (Wildman–Crippen MR) is 129 cm³/mol. The minimum absolute atomic E-state index is 0.163. The summed E-state index contributed by atoms with van der Waals surface area (Å²) < 4.78 is 0. The number of rotatable bonds is 6. The number of hydrogen-bond donors (Lipinski definition) is 3. The van der Waals surface area contributed by atoms with E-state index in [0.717, 1.165) is 43.4 Å². The molecule has 1 aliphatic carbocycles. The molecule has 2 aromatic rings. The van der Waals surface area contributed by atoms with E-state index in [1.165, 1.54) is 0 Å². The molecule has 2 atom stereocenters. The number of aromatic nitrogens is 2. The molecule has 8 nitrogen and oxygen atoms in total. The molecule has 34 heavy (non-hydrogen) atoms. The quantitative estimate of drug-likeness (QED) is 0.573. The number of carbonyl (C=O) groups excluding carboxylic acids is 3. The van der Waals surface area contributed by atoms with Gasteiger partial charge in [0.05, 0.1) is 16.8 Å². The van der Waals surface area contributed by atoms with Gasteiger partial charge in [-0.25, -0.2) is 0 Å². The Morgan fingerprint density at radius 2 is 1.97 bits per heavy atom. The highest BCUT2D eigenvalue weighted by Gasteiger charge is 2.52. The zero-order valence-corrected chi connectivity index (χ0v) is 19.6. The number of likely N-dealkylation sites (tertiary alicyclic amines) is 1. The molecule has 3 N–H and O–H groups in total. The second-order valence-corrected chi connectivity index (χ2v) is 10.2. The number of para-hydroxylation sites is 1. The van der Waals surface area contributed by atoms with Crippen molar-refractivity contribution in [3.05, 3.63) is 54.3 Å². The molecule has 1 aromatic carbocycles. The van der Waals surface area contributed by atoms with Crippen LogP contribution in [0.4, 0.5) is 0 Å². The molecule has 8 heteroatoms. The number of imide groups is 1. The molecular weight excluding hydrogens is 430 g/mol. The van der Waals surface area contributed by atoms with Gasteiger partial charge in [-0.05, 0) is 64.7 Å². The van der Waals surface area contributed by atoms with Gasteiger partial charge in [-0.2, -0.15) is 5.10 Å². The molecule has 0 saturated carbocycles. The summed E-state index contributed by atoms with van der Waals surface area (Å²) in [6.07, 6.45) is 9.95. The molecule has 178 valence electrons. The molecule has 2 fully saturated rings. The van der Waals surface area contributed by atoms with E-state index in [9.17, 15) is 14.4 Å². The van der Waals surface area contributed by atoms with Crippen LogP contribution in [0.2, 0.25) is 0 Å². The number of allylic oxidation sites excluding steroid dienone is 2. The number of piperidine rings is 1. The van der Waals surface area contributed by atoms with Gasteiger partial charge in [0, 0.05) is 10.9 Å². The third-order valence-corrected chi connectivity index (χ3v) is 7.88. The molecule has 2 unspecified atom stereocenters. The van der Waals surface area contributed by atoms with Crippen LogP contribution in [0.1, 0.15) is 43.6 Å². The highest BCUT2D eigenvalue weighted by atomic mass is 16.2. The Morgan fingerprint density at radius 3 is 2.76 bits per heavy atom. The van der Waals surface area contributed by atoms with Crippen molar-refractivity contribution in [1.29, 1.82) is 0 Å². The van der Waals surface area contributed by atoms with Gasteiger partial charge in [0.25, 0.3) is 5.91 Å². The molecular formula is C26H31N5O3. The third kappa shape index (κ3) is 3.86. The predicted octanol–water partition coefficient (Wildman–Crippen LogP) is 2.56. The van der Waals surface area contributed by atoms with Crippen LogP contribution in [0, 0.1) is 17.3 Å². The van der Waals surface area contributed by atoms with Crippen molar-refractivity contribution in [2.24, 2.45) is 17.3 Å². The van der Waals surface area contributed by atoms with Crippen molar-refractivity contribution in [1.82, 2.24) is 25.7 Å². The van der Waals surface area contributed by atoms with E-state index in [-0.39, 0.29) is 23.3 Å². The Labute approximate surface area is 198 Å². The molecule has 3 amide bonds. The summed E-state index contributed by atoms with van der Waals surface area (Å²) in [5.74, 6) is -0.629. The van der Waals surface area contributed by atoms with Crippen LogP contribution < -0.4 is 10.6 Å². The van der Waals surface area contributed by atoms with E-state index in [1.807, 2.05) is 48.6 Å². The fraction of sp³-hybridized carbons (Fsp3) is 0.462. The fourth-order valence-electron chi connectivity index (χ4n) is 5.69. The van der Waals surface area contributed by atoms with Gasteiger partial charge in [0.2, 0.25) is 11.8 Å². The minimum Gasteiger partial charge on any atom is -0.345 e. The number of amides is 3. The van der Waals surface area contributed by atoms with Gasteiger partial charge in [-0.3, -0.25) is 24.8 Å². The second kappa shape index (κ2) is 8.51. The Balaban J connectivity index is 1.17. The Bertz CT molecular complexity index is 1190. The lowest BCUT2D eigenvalue weighted by atomic mass is 9.72. The maximum absolute atomic E-state index is 13.0.